The average molecular weight is 345 g/mol. The highest BCUT2D eigenvalue weighted by molar-refractivity contribution is 7.98. The van der Waals surface area contributed by atoms with Gasteiger partial charge in [-0.15, -0.1) is 10.2 Å². The van der Waals surface area contributed by atoms with E-state index in [0.29, 0.717) is 6.54 Å². The number of carbonyl (C=O) groups excluding carboxylic acids is 1. The molecule has 2 heterocycles. The van der Waals surface area contributed by atoms with E-state index in [4.69, 9.17) is 0 Å². The molecule has 1 aliphatic heterocycles. The summed E-state index contributed by atoms with van der Waals surface area (Å²) < 4.78 is 2.09. The maximum Gasteiger partial charge on any atom is 0.315 e. The van der Waals surface area contributed by atoms with Crippen molar-refractivity contribution < 1.29 is 4.79 Å². The van der Waals surface area contributed by atoms with E-state index in [0.717, 1.165) is 42.5 Å². The van der Waals surface area contributed by atoms with Crippen molar-refractivity contribution in [3.8, 4) is 0 Å². The van der Waals surface area contributed by atoms with Crippen LogP contribution in [0.25, 0.3) is 0 Å². The van der Waals surface area contributed by atoms with E-state index in [9.17, 15) is 4.79 Å². The Hall–Kier alpha value is -2.02. The number of fused-ring (bicyclic) bond motifs is 1. The van der Waals surface area contributed by atoms with Crippen molar-refractivity contribution >= 4 is 17.8 Å². The molecule has 2 N–H and O–H groups in total. The van der Waals surface area contributed by atoms with E-state index in [-0.39, 0.29) is 12.1 Å². The third kappa shape index (κ3) is 4.29. The largest absolute Gasteiger partial charge is 0.337 e. The summed E-state index contributed by atoms with van der Waals surface area (Å²) in [5.41, 5.74) is 1.31. The molecule has 0 bridgehead atoms. The standard InChI is InChI=1S/C17H23N5OS/c1-13-20-21-16-15(8-5-10-22(13)16)19-17(23)18-9-11-24-12-14-6-3-2-4-7-14/h2-4,6-7,15H,5,8-12H2,1H3,(H2,18,19,23)/t15-/m0/s1. The molecule has 1 aromatic carbocycles. The lowest BCUT2D eigenvalue weighted by Gasteiger charge is -2.24. The Kier molecular flexibility index (Phi) is 5.74. The predicted octanol–water partition coefficient (Wildman–Crippen LogP) is 2.65. The van der Waals surface area contributed by atoms with Gasteiger partial charge >= 0.3 is 6.03 Å². The number of urea groups is 1. The normalized spacial score (nSPS) is 16.5. The van der Waals surface area contributed by atoms with E-state index in [1.54, 1.807) is 0 Å². The highest BCUT2D eigenvalue weighted by Gasteiger charge is 2.25. The molecule has 0 saturated heterocycles. The molecule has 0 fully saturated rings. The van der Waals surface area contributed by atoms with Gasteiger partial charge in [0.25, 0.3) is 0 Å². The first-order valence-electron chi connectivity index (χ1n) is 8.30. The lowest BCUT2D eigenvalue weighted by Crippen LogP contribution is -2.41. The first-order chi connectivity index (χ1) is 11.7. The van der Waals surface area contributed by atoms with Crippen molar-refractivity contribution in [3.05, 3.63) is 47.5 Å². The second-order valence-corrected chi connectivity index (χ2v) is 7.00. The predicted molar refractivity (Wildman–Crippen MR) is 95.9 cm³/mol. The van der Waals surface area contributed by atoms with Crippen molar-refractivity contribution in [2.24, 2.45) is 0 Å². The van der Waals surface area contributed by atoms with E-state index in [2.05, 4.69) is 37.5 Å². The van der Waals surface area contributed by atoms with Gasteiger partial charge in [-0.2, -0.15) is 11.8 Å². The van der Waals surface area contributed by atoms with E-state index >= 15 is 0 Å². The maximum absolute atomic E-state index is 12.1. The van der Waals surface area contributed by atoms with Gasteiger partial charge in [0.1, 0.15) is 5.82 Å². The summed E-state index contributed by atoms with van der Waals surface area (Å²) >= 11 is 1.82. The Bertz CT molecular complexity index is 673. The lowest BCUT2D eigenvalue weighted by atomic mass is 10.1. The molecule has 6 nitrogen and oxygen atoms in total. The van der Waals surface area contributed by atoms with Crippen LogP contribution in [0, 0.1) is 6.92 Å². The fourth-order valence-electron chi connectivity index (χ4n) is 2.86. The molecule has 3 rings (SSSR count). The Morgan fingerprint density at radius 1 is 1.33 bits per heavy atom. The van der Waals surface area contributed by atoms with E-state index in [1.807, 2.05) is 36.9 Å². The fraction of sp³-hybridized carbons (Fsp3) is 0.471. The second-order valence-electron chi connectivity index (χ2n) is 5.89. The van der Waals surface area contributed by atoms with Crippen LogP contribution < -0.4 is 10.6 Å². The van der Waals surface area contributed by atoms with E-state index < -0.39 is 0 Å². The highest BCUT2D eigenvalue weighted by atomic mass is 32.2. The zero-order valence-electron chi connectivity index (χ0n) is 13.9. The van der Waals surface area contributed by atoms with Crippen LogP contribution in [-0.4, -0.2) is 33.1 Å². The Balaban J connectivity index is 1.37. The minimum Gasteiger partial charge on any atom is -0.337 e. The molecular formula is C17H23N5OS. The first kappa shape index (κ1) is 16.8. The number of nitrogens with zero attached hydrogens (tertiary/aromatic N) is 3. The maximum atomic E-state index is 12.1. The number of hydrogen-bond donors (Lipinski definition) is 2. The van der Waals surface area contributed by atoms with Gasteiger partial charge in [0.2, 0.25) is 0 Å². The minimum absolute atomic E-state index is 0.0445. The third-order valence-corrected chi connectivity index (χ3v) is 5.13. The molecule has 1 aliphatic rings. The minimum atomic E-state index is -0.130. The van der Waals surface area contributed by atoms with Crippen LogP contribution >= 0.6 is 11.8 Å². The molecule has 128 valence electrons. The number of hydrogen-bond acceptors (Lipinski definition) is 4. The highest BCUT2D eigenvalue weighted by Crippen LogP contribution is 2.23. The molecule has 2 amide bonds. The van der Waals surface area contributed by atoms with Crippen LogP contribution in [0.15, 0.2) is 30.3 Å². The van der Waals surface area contributed by atoms with E-state index in [1.165, 1.54) is 5.56 Å². The number of nitrogens with one attached hydrogen (secondary N) is 2. The number of thioether (sulfide) groups is 1. The molecule has 0 spiro atoms. The Morgan fingerprint density at radius 3 is 3.00 bits per heavy atom. The molecule has 1 aromatic heterocycles. The van der Waals surface area contributed by atoms with Crippen molar-refractivity contribution in [2.75, 3.05) is 12.3 Å². The van der Waals surface area contributed by atoms with Crippen LogP contribution in [0.4, 0.5) is 4.79 Å². The van der Waals surface area contributed by atoms with Gasteiger partial charge in [-0.3, -0.25) is 0 Å². The van der Waals surface area contributed by atoms with Crippen LogP contribution in [0.5, 0.6) is 0 Å². The van der Waals surface area contributed by atoms with Gasteiger partial charge in [-0.05, 0) is 25.3 Å². The topological polar surface area (TPSA) is 71.8 Å². The van der Waals surface area contributed by atoms with Crippen LogP contribution in [0.3, 0.4) is 0 Å². The molecule has 0 saturated carbocycles. The average Bonchev–Trinajstić information content (AvgIpc) is 2.98. The number of rotatable bonds is 6. The van der Waals surface area contributed by atoms with Gasteiger partial charge in [-0.1, -0.05) is 30.3 Å². The summed E-state index contributed by atoms with van der Waals surface area (Å²) in [6.07, 6.45) is 1.94. The Labute approximate surface area is 146 Å². The number of benzene rings is 1. The zero-order chi connectivity index (χ0) is 16.8. The van der Waals surface area contributed by atoms with Crippen molar-refractivity contribution in [2.45, 2.75) is 38.1 Å². The molecule has 0 radical (unpaired) electrons. The summed E-state index contributed by atoms with van der Waals surface area (Å²) in [6.45, 7) is 3.54. The molecule has 0 aliphatic carbocycles. The summed E-state index contributed by atoms with van der Waals surface area (Å²) in [5.74, 6) is 3.64. The van der Waals surface area contributed by atoms with Gasteiger partial charge in [0.15, 0.2) is 5.82 Å². The smallest absolute Gasteiger partial charge is 0.315 e. The quantitative estimate of drug-likeness (QED) is 0.790. The second kappa shape index (κ2) is 8.19. The van der Waals surface area contributed by atoms with Gasteiger partial charge < -0.3 is 15.2 Å². The number of aromatic nitrogens is 3. The van der Waals surface area contributed by atoms with Gasteiger partial charge in [-0.25, -0.2) is 4.79 Å². The zero-order valence-corrected chi connectivity index (χ0v) is 14.7. The van der Waals surface area contributed by atoms with Crippen molar-refractivity contribution in [3.63, 3.8) is 0 Å². The number of carbonyl (C=O) groups is 1. The SMILES string of the molecule is Cc1nnc2n1CCC[C@@H]2NC(=O)NCCSCc1ccccc1. The molecular weight excluding hydrogens is 322 g/mol. The van der Waals surface area contributed by atoms with Gasteiger partial charge in [0.05, 0.1) is 6.04 Å². The van der Waals surface area contributed by atoms with Crippen LogP contribution in [0.2, 0.25) is 0 Å². The van der Waals surface area contributed by atoms with Crippen molar-refractivity contribution in [1.82, 2.24) is 25.4 Å². The van der Waals surface area contributed by atoms with Crippen LogP contribution in [0.1, 0.15) is 36.1 Å². The van der Waals surface area contributed by atoms with Crippen LogP contribution in [-0.2, 0) is 12.3 Å². The number of amides is 2. The first-order valence-corrected chi connectivity index (χ1v) is 9.45. The third-order valence-electron chi connectivity index (χ3n) is 4.10. The van der Waals surface area contributed by atoms with Gasteiger partial charge in [0, 0.05) is 24.6 Å². The summed E-state index contributed by atoms with van der Waals surface area (Å²) in [6, 6.07) is 10.2. The molecule has 1 atom stereocenters. The number of aryl methyl sites for hydroxylation is 1. The molecule has 7 heteroatoms. The van der Waals surface area contributed by atoms with Crippen molar-refractivity contribution in [1.29, 1.82) is 0 Å². The monoisotopic (exact) mass is 345 g/mol. The molecule has 24 heavy (non-hydrogen) atoms. The molecule has 2 aromatic rings. The Morgan fingerprint density at radius 2 is 2.17 bits per heavy atom. The summed E-state index contributed by atoms with van der Waals surface area (Å²) in [7, 11) is 0. The molecule has 0 unspecified atom stereocenters. The summed E-state index contributed by atoms with van der Waals surface area (Å²) in [4.78, 5) is 12.1. The fourth-order valence-corrected chi connectivity index (χ4v) is 3.68. The lowest BCUT2D eigenvalue weighted by molar-refractivity contribution is 0.234. The summed E-state index contributed by atoms with van der Waals surface area (Å²) in [5, 5.41) is 14.2.